The Morgan fingerprint density at radius 2 is 2.11 bits per heavy atom. The van der Waals surface area contributed by atoms with Gasteiger partial charge in [0.15, 0.2) is 5.69 Å². The third-order valence-electron chi connectivity index (χ3n) is 2.80. The van der Waals surface area contributed by atoms with E-state index in [1.54, 1.807) is 13.0 Å². The number of hydrogen-bond donors (Lipinski definition) is 1. The summed E-state index contributed by atoms with van der Waals surface area (Å²) in [6.07, 6.45) is 0. The minimum absolute atomic E-state index is 0.199. The molecule has 0 spiro atoms. The molecule has 0 aliphatic carbocycles. The van der Waals surface area contributed by atoms with Gasteiger partial charge in [0.05, 0.1) is 0 Å². The minimum atomic E-state index is -0.199. The summed E-state index contributed by atoms with van der Waals surface area (Å²) >= 11 is 0. The van der Waals surface area contributed by atoms with Crippen molar-refractivity contribution < 1.29 is 9.32 Å². The number of carbonyl (C=O) groups is 1. The number of aryl methyl sites for hydroxylation is 1. The second-order valence-electron chi connectivity index (χ2n) is 4.34. The molecule has 0 aliphatic heterocycles. The van der Waals surface area contributed by atoms with E-state index in [2.05, 4.69) is 29.5 Å². The fraction of sp³-hybridized carbons (Fsp3) is 0.286. The molecule has 4 nitrogen and oxygen atoms in total. The van der Waals surface area contributed by atoms with Gasteiger partial charge in [0.25, 0.3) is 5.91 Å². The number of benzene rings is 1. The van der Waals surface area contributed by atoms with Crippen LogP contribution in [-0.4, -0.2) is 17.6 Å². The van der Waals surface area contributed by atoms with Gasteiger partial charge in [-0.2, -0.15) is 0 Å². The van der Waals surface area contributed by atoms with Gasteiger partial charge < -0.3 is 9.84 Å². The van der Waals surface area contributed by atoms with Crippen LogP contribution < -0.4 is 5.32 Å². The van der Waals surface area contributed by atoms with E-state index in [4.69, 9.17) is 4.52 Å². The van der Waals surface area contributed by atoms with Crippen LogP contribution in [0, 0.1) is 6.92 Å². The quantitative estimate of drug-likeness (QED) is 0.899. The Labute approximate surface area is 106 Å². The highest BCUT2D eigenvalue weighted by Crippen LogP contribution is 2.13. The van der Waals surface area contributed by atoms with Crippen molar-refractivity contribution in [2.45, 2.75) is 19.8 Å². The lowest BCUT2D eigenvalue weighted by atomic mass is 10.0. The van der Waals surface area contributed by atoms with Gasteiger partial charge in [0.2, 0.25) is 0 Å². The van der Waals surface area contributed by atoms with Crippen molar-refractivity contribution in [1.29, 1.82) is 0 Å². The molecule has 1 aromatic heterocycles. The summed E-state index contributed by atoms with van der Waals surface area (Å²) in [5.74, 6) is 0.703. The van der Waals surface area contributed by atoms with Gasteiger partial charge in [0, 0.05) is 12.6 Å². The Kier molecular flexibility index (Phi) is 3.77. The van der Waals surface area contributed by atoms with Crippen LogP contribution in [-0.2, 0) is 0 Å². The third kappa shape index (κ3) is 2.97. The molecule has 1 N–H and O–H groups in total. The van der Waals surface area contributed by atoms with Crippen LogP contribution in [0.15, 0.2) is 40.9 Å². The van der Waals surface area contributed by atoms with Gasteiger partial charge in [-0.25, -0.2) is 0 Å². The first-order valence-corrected chi connectivity index (χ1v) is 5.93. The first-order chi connectivity index (χ1) is 8.66. The highest BCUT2D eigenvalue weighted by molar-refractivity contribution is 5.92. The van der Waals surface area contributed by atoms with E-state index in [0.717, 1.165) is 0 Å². The Hall–Kier alpha value is -2.10. The summed E-state index contributed by atoms with van der Waals surface area (Å²) in [6.45, 7) is 4.41. The Morgan fingerprint density at radius 3 is 2.72 bits per heavy atom. The number of carbonyl (C=O) groups excluding carboxylic acids is 1. The standard InChI is InChI=1S/C14H16N2O2/c1-10(12-6-4-3-5-7-12)9-15-14(17)13-8-11(2)18-16-13/h3-8,10H,9H2,1-2H3,(H,15,17). The summed E-state index contributed by atoms with van der Waals surface area (Å²) in [7, 11) is 0. The van der Waals surface area contributed by atoms with E-state index < -0.39 is 0 Å². The molecule has 2 rings (SSSR count). The summed E-state index contributed by atoms with van der Waals surface area (Å²) in [4.78, 5) is 11.8. The van der Waals surface area contributed by atoms with Crippen LogP contribution >= 0.6 is 0 Å². The fourth-order valence-corrected chi connectivity index (χ4v) is 1.71. The van der Waals surface area contributed by atoms with Gasteiger partial charge >= 0.3 is 0 Å². The Balaban J connectivity index is 1.90. The zero-order valence-corrected chi connectivity index (χ0v) is 10.5. The summed E-state index contributed by atoms with van der Waals surface area (Å²) in [5, 5.41) is 6.53. The molecule has 0 saturated heterocycles. The molecule has 2 aromatic rings. The zero-order chi connectivity index (χ0) is 13.0. The van der Waals surface area contributed by atoms with E-state index in [-0.39, 0.29) is 11.8 Å². The highest BCUT2D eigenvalue weighted by atomic mass is 16.5. The number of rotatable bonds is 4. The van der Waals surface area contributed by atoms with Gasteiger partial charge in [-0.1, -0.05) is 42.4 Å². The molecule has 4 heteroatoms. The topological polar surface area (TPSA) is 55.1 Å². The number of hydrogen-bond acceptors (Lipinski definition) is 3. The van der Waals surface area contributed by atoms with Crippen molar-refractivity contribution in [1.82, 2.24) is 10.5 Å². The lowest BCUT2D eigenvalue weighted by Gasteiger charge is -2.12. The molecule has 18 heavy (non-hydrogen) atoms. The van der Waals surface area contributed by atoms with Gasteiger partial charge in [-0.05, 0) is 18.4 Å². The Morgan fingerprint density at radius 1 is 1.39 bits per heavy atom. The molecule has 0 fully saturated rings. The summed E-state index contributed by atoms with van der Waals surface area (Å²) in [5.41, 5.74) is 1.53. The average Bonchev–Trinajstić information content (AvgIpc) is 2.83. The molecule has 0 aliphatic rings. The molecule has 1 amide bonds. The average molecular weight is 244 g/mol. The number of nitrogens with zero attached hydrogens (tertiary/aromatic N) is 1. The predicted octanol–water partition coefficient (Wildman–Crippen LogP) is 2.52. The van der Waals surface area contributed by atoms with Crippen LogP contribution in [0.1, 0.15) is 34.7 Å². The minimum Gasteiger partial charge on any atom is -0.361 e. The Bertz CT molecular complexity index is 520. The van der Waals surface area contributed by atoms with Crippen molar-refractivity contribution in [2.75, 3.05) is 6.54 Å². The molecule has 1 aromatic carbocycles. The monoisotopic (exact) mass is 244 g/mol. The highest BCUT2D eigenvalue weighted by Gasteiger charge is 2.12. The van der Waals surface area contributed by atoms with Crippen LogP contribution in [0.5, 0.6) is 0 Å². The normalized spacial score (nSPS) is 12.1. The van der Waals surface area contributed by atoms with Crippen LogP contribution in [0.4, 0.5) is 0 Å². The van der Waals surface area contributed by atoms with Crippen LogP contribution in [0.3, 0.4) is 0 Å². The molecule has 1 heterocycles. The molecule has 1 unspecified atom stereocenters. The van der Waals surface area contributed by atoms with Gasteiger partial charge in [-0.3, -0.25) is 4.79 Å². The fourth-order valence-electron chi connectivity index (χ4n) is 1.71. The van der Waals surface area contributed by atoms with Crippen molar-refractivity contribution >= 4 is 5.91 Å². The maximum Gasteiger partial charge on any atom is 0.273 e. The third-order valence-corrected chi connectivity index (χ3v) is 2.80. The van der Waals surface area contributed by atoms with Crippen molar-refractivity contribution in [3.8, 4) is 0 Å². The van der Waals surface area contributed by atoms with Crippen molar-refractivity contribution in [3.63, 3.8) is 0 Å². The maximum atomic E-state index is 11.8. The van der Waals surface area contributed by atoms with E-state index >= 15 is 0 Å². The molecule has 1 atom stereocenters. The molecule has 0 bridgehead atoms. The number of nitrogens with one attached hydrogen (secondary N) is 1. The first-order valence-electron chi connectivity index (χ1n) is 5.93. The summed E-state index contributed by atoms with van der Waals surface area (Å²) < 4.78 is 4.87. The van der Waals surface area contributed by atoms with Crippen LogP contribution in [0.25, 0.3) is 0 Å². The van der Waals surface area contributed by atoms with Gasteiger partial charge in [-0.15, -0.1) is 0 Å². The smallest absolute Gasteiger partial charge is 0.273 e. The van der Waals surface area contributed by atoms with Crippen molar-refractivity contribution in [2.24, 2.45) is 0 Å². The van der Waals surface area contributed by atoms with E-state index in [1.807, 2.05) is 18.2 Å². The second kappa shape index (κ2) is 5.49. The lowest BCUT2D eigenvalue weighted by Crippen LogP contribution is -2.27. The second-order valence-corrected chi connectivity index (χ2v) is 4.34. The molecule has 0 radical (unpaired) electrons. The summed E-state index contributed by atoms with van der Waals surface area (Å²) in [6, 6.07) is 11.7. The van der Waals surface area contributed by atoms with E-state index in [1.165, 1.54) is 5.56 Å². The maximum absolute atomic E-state index is 11.8. The van der Waals surface area contributed by atoms with Crippen molar-refractivity contribution in [3.05, 3.63) is 53.4 Å². The predicted molar refractivity (Wildman–Crippen MR) is 68.4 cm³/mol. The molecule has 94 valence electrons. The van der Waals surface area contributed by atoms with Crippen LogP contribution in [0.2, 0.25) is 0 Å². The number of aromatic nitrogens is 1. The molecular weight excluding hydrogens is 228 g/mol. The molecular formula is C14H16N2O2. The molecule has 0 saturated carbocycles. The van der Waals surface area contributed by atoms with E-state index in [0.29, 0.717) is 18.0 Å². The zero-order valence-electron chi connectivity index (χ0n) is 10.5. The lowest BCUT2D eigenvalue weighted by molar-refractivity contribution is 0.0942. The van der Waals surface area contributed by atoms with E-state index in [9.17, 15) is 4.79 Å². The SMILES string of the molecule is Cc1cc(C(=O)NCC(C)c2ccccc2)no1. The first kappa shape index (κ1) is 12.4. The number of amides is 1. The largest absolute Gasteiger partial charge is 0.361 e. The van der Waals surface area contributed by atoms with Gasteiger partial charge in [0.1, 0.15) is 5.76 Å².